The summed E-state index contributed by atoms with van der Waals surface area (Å²) in [5, 5.41) is 0. The van der Waals surface area contributed by atoms with E-state index >= 15 is 0 Å². The quantitative estimate of drug-likeness (QED) is 0.704. The molecular formula is C10H7BrO2. The Balaban J connectivity index is 2.22. The number of cyclic esters (lactones) is 1. The van der Waals surface area contributed by atoms with Gasteiger partial charge < -0.3 is 4.74 Å². The standard InChI is InChI=1S/C10H7BrO2/c11-8-3-1-7(2-4-8)9-5-6-10(12)13-9/h1-6,9H/t9-/m0/s1. The Hall–Kier alpha value is -1.09. The summed E-state index contributed by atoms with van der Waals surface area (Å²) in [5.74, 6) is -0.270. The molecule has 0 unspecified atom stereocenters. The van der Waals surface area contributed by atoms with E-state index in [-0.39, 0.29) is 12.1 Å². The zero-order valence-electron chi connectivity index (χ0n) is 6.74. The van der Waals surface area contributed by atoms with E-state index in [0.717, 1.165) is 10.0 Å². The fourth-order valence-electron chi connectivity index (χ4n) is 1.20. The minimum atomic E-state index is -0.270. The zero-order valence-corrected chi connectivity index (χ0v) is 8.32. The molecule has 0 fully saturated rings. The molecule has 0 aromatic heterocycles. The van der Waals surface area contributed by atoms with Gasteiger partial charge in [-0.15, -0.1) is 0 Å². The molecule has 1 aromatic carbocycles. The van der Waals surface area contributed by atoms with Gasteiger partial charge in [-0.3, -0.25) is 0 Å². The van der Waals surface area contributed by atoms with Crippen molar-refractivity contribution in [2.75, 3.05) is 0 Å². The number of esters is 1. The van der Waals surface area contributed by atoms with E-state index in [9.17, 15) is 4.79 Å². The topological polar surface area (TPSA) is 26.3 Å². The van der Waals surface area contributed by atoms with Crippen LogP contribution >= 0.6 is 15.9 Å². The van der Waals surface area contributed by atoms with Crippen LogP contribution in [0.25, 0.3) is 0 Å². The molecule has 1 heterocycles. The predicted molar refractivity (Wildman–Crippen MR) is 52.1 cm³/mol. The number of carbonyl (C=O) groups excluding carboxylic acids is 1. The van der Waals surface area contributed by atoms with Crippen molar-refractivity contribution in [3.8, 4) is 0 Å². The number of benzene rings is 1. The normalized spacial score (nSPS) is 20.4. The number of hydrogen-bond donors (Lipinski definition) is 0. The molecule has 13 heavy (non-hydrogen) atoms. The van der Waals surface area contributed by atoms with Gasteiger partial charge >= 0.3 is 5.97 Å². The summed E-state index contributed by atoms with van der Waals surface area (Å²) in [7, 11) is 0. The Bertz CT molecular complexity index is 354. The summed E-state index contributed by atoms with van der Waals surface area (Å²) >= 11 is 3.34. The average molecular weight is 239 g/mol. The largest absolute Gasteiger partial charge is 0.450 e. The van der Waals surface area contributed by atoms with Crippen LogP contribution in [-0.2, 0) is 9.53 Å². The first-order valence-corrected chi connectivity index (χ1v) is 4.69. The molecule has 0 spiro atoms. The second-order valence-corrected chi connectivity index (χ2v) is 3.68. The Morgan fingerprint density at radius 1 is 1.23 bits per heavy atom. The van der Waals surface area contributed by atoms with Crippen LogP contribution in [0.5, 0.6) is 0 Å². The summed E-state index contributed by atoms with van der Waals surface area (Å²) in [4.78, 5) is 10.8. The highest BCUT2D eigenvalue weighted by atomic mass is 79.9. The monoisotopic (exact) mass is 238 g/mol. The van der Waals surface area contributed by atoms with Gasteiger partial charge in [-0.1, -0.05) is 28.1 Å². The molecule has 3 heteroatoms. The molecule has 0 radical (unpaired) electrons. The van der Waals surface area contributed by atoms with Crippen molar-refractivity contribution in [2.24, 2.45) is 0 Å². The van der Waals surface area contributed by atoms with E-state index in [1.54, 1.807) is 6.08 Å². The number of hydrogen-bond acceptors (Lipinski definition) is 2. The lowest BCUT2D eigenvalue weighted by atomic mass is 10.1. The molecule has 2 rings (SSSR count). The van der Waals surface area contributed by atoms with Gasteiger partial charge in [-0.2, -0.15) is 0 Å². The molecule has 2 nitrogen and oxygen atoms in total. The lowest BCUT2D eigenvalue weighted by Gasteiger charge is -2.07. The predicted octanol–water partition coefficient (Wildman–Crippen LogP) is 2.60. The number of rotatable bonds is 1. The Morgan fingerprint density at radius 3 is 2.46 bits per heavy atom. The molecule has 0 aliphatic carbocycles. The highest BCUT2D eigenvalue weighted by Crippen LogP contribution is 2.24. The second kappa shape index (κ2) is 3.34. The van der Waals surface area contributed by atoms with Gasteiger partial charge in [0.25, 0.3) is 0 Å². The average Bonchev–Trinajstić information content (AvgIpc) is 2.53. The fraction of sp³-hybridized carbons (Fsp3) is 0.100. The molecule has 1 aliphatic rings. The van der Waals surface area contributed by atoms with Crippen molar-refractivity contribution in [1.29, 1.82) is 0 Å². The van der Waals surface area contributed by atoms with Crippen molar-refractivity contribution in [1.82, 2.24) is 0 Å². The molecular weight excluding hydrogens is 232 g/mol. The zero-order chi connectivity index (χ0) is 9.26. The Kier molecular flexibility index (Phi) is 2.19. The molecule has 0 saturated heterocycles. The van der Waals surface area contributed by atoms with Crippen molar-refractivity contribution in [2.45, 2.75) is 6.10 Å². The summed E-state index contributed by atoms with van der Waals surface area (Å²) in [6, 6.07) is 7.71. The Morgan fingerprint density at radius 2 is 1.92 bits per heavy atom. The molecule has 66 valence electrons. The van der Waals surface area contributed by atoms with Gasteiger partial charge in [-0.25, -0.2) is 4.79 Å². The van der Waals surface area contributed by atoms with E-state index in [0.29, 0.717) is 0 Å². The van der Waals surface area contributed by atoms with Crippen molar-refractivity contribution >= 4 is 21.9 Å². The first-order valence-electron chi connectivity index (χ1n) is 3.90. The van der Waals surface area contributed by atoms with Crippen molar-refractivity contribution in [3.63, 3.8) is 0 Å². The van der Waals surface area contributed by atoms with Gasteiger partial charge in [0.2, 0.25) is 0 Å². The summed E-state index contributed by atoms with van der Waals surface area (Å²) in [6.45, 7) is 0. The number of carbonyl (C=O) groups is 1. The van der Waals surface area contributed by atoms with Crippen LogP contribution in [0.15, 0.2) is 40.9 Å². The molecule has 1 aliphatic heterocycles. The van der Waals surface area contributed by atoms with Crippen molar-refractivity contribution < 1.29 is 9.53 Å². The maximum Gasteiger partial charge on any atom is 0.331 e. The van der Waals surface area contributed by atoms with E-state index in [4.69, 9.17) is 4.74 Å². The molecule has 0 N–H and O–H groups in total. The fourth-order valence-corrected chi connectivity index (χ4v) is 1.47. The van der Waals surface area contributed by atoms with Gasteiger partial charge in [0.15, 0.2) is 0 Å². The van der Waals surface area contributed by atoms with E-state index in [1.165, 1.54) is 6.08 Å². The van der Waals surface area contributed by atoms with Gasteiger partial charge in [0.1, 0.15) is 6.10 Å². The smallest absolute Gasteiger partial charge is 0.331 e. The Labute approximate surface area is 84.3 Å². The van der Waals surface area contributed by atoms with Gasteiger partial charge in [0, 0.05) is 10.5 Å². The molecule has 1 aromatic rings. The number of ether oxygens (including phenoxy) is 1. The van der Waals surface area contributed by atoms with E-state index in [1.807, 2.05) is 24.3 Å². The molecule has 0 amide bonds. The summed E-state index contributed by atoms with van der Waals surface area (Å²) in [5.41, 5.74) is 0.991. The first-order chi connectivity index (χ1) is 6.25. The highest BCUT2D eigenvalue weighted by molar-refractivity contribution is 9.10. The van der Waals surface area contributed by atoms with Crippen LogP contribution < -0.4 is 0 Å². The van der Waals surface area contributed by atoms with Gasteiger partial charge in [-0.05, 0) is 23.8 Å². The minimum absolute atomic E-state index is 0.208. The SMILES string of the molecule is O=C1C=C[C@@H](c2ccc(Br)cc2)O1. The van der Waals surface area contributed by atoms with Crippen LogP contribution in [0.2, 0.25) is 0 Å². The second-order valence-electron chi connectivity index (χ2n) is 2.77. The minimum Gasteiger partial charge on any atom is -0.450 e. The van der Waals surface area contributed by atoms with E-state index in [2.05, 4.69) is 15.9 Å². The lowest BCUT2D eigenvalue weighted by Crippen LogP contribution is -1.99. The third-order valence-electron chi connectivity index (χ3n) is 1.85. The summed E-state index contributed by atoms with van der Waals surface area (Å²) in [6.07, 6.45) is 3.00. The number of halogens is 1. The third-order valence-corrected chi connectivity index (χ3v) is 2.38. The van der Waals surface area contributed by atoms with Crippen molar-refractivity contribution in [3.05, 3.63) is 46.5 Å². The highest BCUT2D eigenvalue weighted by Gasteiger charge is 2.17. The summed E-state index contributed by atoms with van der Waals surface area (Å²) < 4.78 is 6.04. The maximum atomic E-state index is 10.8. The first kappa shape index (κ1) is 8.51. The van der Waals surface area contributed by atoms with Crippen LogP contribution in [0, 0.1) is 0 Å². The molecule has 1 atom stereocenters. The molecule has 0 bridgehead atoms. The molecule has 0 saturated carbocycles. The van der Waals surface area contributed by atoms with Crippen LogP contribution in [0.4, 0.5) is 0 Å². The maximum absolute atomic E-state index is 10.8. The lowest BCUT2D eigenvalue weighted by molar-refractivity contribution is -0.138. The van der Waals surface area contributed by atoms with Gasteiger partial charge in [0.05, 0.1) is 0 Å². The van der Waals surface area contributed by atoms with Crippen LogP contribution in [0.1, 0.15) is 11.7 Å². The third kappa shape index (κ3) is 1.80. The van der Waals surface area contributed by atoms with E-state index < -0.39 is 0 Å². The van der Waals surface area contributed by atoms with Crippen LogP contribution in [0.3, 0.4) is 0 Å². The van der Waals surface area contributed by atoms with Crippen LogP contribution in [-0.4, -0.2) is 5.97 Å².